The van der Waals surface area contributed by atoms with Crippen molar-refractivity contribution in [3.05, 3.63) is 70.1 Å². The Hall–Kier alpha value is -2.35. The van der Waals surface area contributed by atoms with E-state index in [4.69, 9.17) is 21.3 Å². The number of benzene rings is 1. The first kappa shape index (κ1) is 22.4. The van der Waals surface area contributed by atoms with E-state index in [0.717, 1.165) is 34.4 Å². The molecule has 174 valence electrons. The Balaban J connectivity index is 1.41. The summed E-state index contributed by atoms with van der Waals surface area (Å²) in [6, 6.07) is 12.9. The maximum absolute atomic E-state index is 13.4. The zero-order valence-electron chi connectivity index (χ0n) is 18.8. The van der Waals surface area contributed by atoms with E-state index in [0.29, 0.717) is 32.8 Å². The third-order valence-corrected chi connectivity index (χ3v) is 7.94. The van der Waals surface area contributed by atoms with Gasteiger partial charge in [-0.2, -0.15) is 0 Å². The second kappa shape index (κ2) is 9.87. The van der Waals surface area contributed by atoms with Crippen LogP contribution in [0.1, 0.15) is 42.0 Å². The van der Waals surface area contributed by atoms with Crippen molar-refractivity contribution in [3.63, 3.8) is 0 Å². The lowest BCUT2D eigenvalue weighted by Crippen LogP contribution is -2.52. The number of likely N-dealkylation sites (tertiary alicyclic amines) is 1. The number of morpholine rings is 1. The van der Waals surface area contributed by atoms with Crippen LogP contribution in [0.5, 0.6) is 0 Å². The second-order valence-corrected chi connectivity index (χ2v) is 10.5. The van der Waals surface area contributed by atoms with Gasteiger partial charge in [0, 0.05) is 44.2 Å². The molecule has 0 bridgehead atoms. The van der Waals surface area contributed by atoms with Gasteiger partial charge >= 0.3 is 6.03 Å². The van der Waals surface area contributed by atoms with Crippen LogP contribution < -0.4 is 0 Å². The minimum absolute atomic E-state index is 0.114. The number of hydrogen-bond donors (Lipinski definition) is 0. The predicted molar refractivity (Wildman–Crippen MR) is 132 cm³/mol. The van der Waals surface area contributed by atoms with Gasteiger partial charge in [0.1, 0.15) is 11.3 Å². The van der Waals surface area contributed by atoms with Gasteiger partial charge in [-0.05, 0) is 36.1 Å². The van der Waals surface area contributed by atoms with Crippen LogP contribution in [0.4, 0.5) is 4.79 Å². The molecule has 5 rings (SSSR count). The van der Waals surface area contributed by atoms with Crippen LogP contribution in [-0.4, -0.2) is 64.8 Å². The van der Waals surface area contributed by atoms with Gasteiger partial charge in [0.15, 0.2) is 0 Å². The highest BCUT2D eigenvalue weighted by Gasteiger charge is 2.35. The molecular formula is C25H29ClN4O2S. The van der Waals surface area contributed by atoms with E-state index in [2.05, 4.69) is 37.4 Å². The third-order valence-electron chi connectivity index (χ3n) is 6.70. The number of halogens is 1. The molecule has 2 atom stereocenters. The van der Waals surface area contributed by atoms with Gasteiger partial charge in [0.05, 0.1) is 23.2 Å². The number of hydrogen-bond acceptors (Lipinski definition) is 4. The molecule has 4 heterocycles. The number of imidazole rings is 1. The summed E-state index contributed by atoms with van der Waals surface area (Å²) in [6.07, 6.45) is 5.94. The maximum Gasteiger partial charge on any atom is 0.320 e. The van der Waals surface area contributed by atoms with Crippen LogP contribution in [0.2, 0.25) is 4.34 Å². The molecule has 3 aromatic rings. The van der Waals surface area contributed by atoms with Crippen molar-refractivity contribution in [2.75, 3.05) is 39.4 Å². The summed E-state index contributed by atoms with van der Waals surface area (Å²) in [5.74, 6) is 0.456. The van der Waals surface area contributed by atoms with Crippen LogP contribution in [0.15, 0.2) is 48.9 Å². The highest BCUT2D eigenvalue weighted by molar-refractivity contribution is 7.18. The lowest BCUT2D eigenvalue weighted by molar-refractivity contribution is 0.0398. The molecule has 0 spiro atoms. The van der Waals surface area contributed by atoms with E-state index in [9.17, 15) is 4.79 Å². The van der Waals surface area contributed by atoms with Crippen LogP contribution >= 0.6 is 22.9 Å². The van der Waals surface area contributed by atoms with Gasteiger partial charge < -0.3 is 14.5 Å². The summed E-state index contributed by atoms with van der Waals surface area (Å²) in [4.78, 5) is 22.1. The van der Waals surface area contributed by atoms with Crippen LogP contribution in [0.25, 0.3) is 5.00 Å². The highest BCUT2D eigenvalue weighted by Crippen LogP contribution is 2.36. The molecule has 2 aromatic heterocycles. The first-order chi connectivity index (χ1) is 16.1. The minimum atomic E-state index is 0.114. The normalized spacial score (nSPS) is 21.4. The van der Waals surface area contributed by atoms with Crippen LogP contribution in [-0.2, 0) is 11.2 Å². The van der Waals surface area contributed by atoms with Crippen molar-refractivity contribution in [1.29, 1.82) is 0 Å². The smallest absolute Gasteiger partial charge is 0.320 e. The summed E-state index contributed by atoms with van der Waals surface area (Å²) in [6.45, 7) is 6.12. The van der Waals surface area contributed by atoms with Crippen molar-refractivity contribution >= 4 is 29.0 Å². The van der Waals surface area contributed by atoms with E-state index >= 15 is 0 Å². The van der Waals surface area contributed by atoms with E-state index in [1.165, 1.54) is 22.5 Å². The number of piperidine rings is 1. The molecule has 33 heavy (non-hydrogen) atoms. The fourth-order valence-corrected chi connectivity index (χ4v) is 5.78. The summed E-state index contributed by atoms with van der Waals surface area (Å²) < 4.78 is 8.24. The molecule has 0 N–H and O–H groups in total. The van der Waals surface area contributed by atoms with Crippen molar-refractivity contribution in [1.82, 2.24) is 19.4 Å². The molecule has 8 heteroatoms. The molecule has 2 aliphatic heterocycles. The van der Waals surface area contributed by atoms with Crippen LogP contribution in [0.3, 0.4) is 0 Å². The molecule has 6 nitrogen and oxygen atoms in total. The number of amides is 2. The van der Waals surface area contributed by atoms with Crippen molar-refractivity contribution < 1.29 is 9.53 Å². The van der Waals surface area contributed by atoms with E-state index in [-0.39, 0.29) is 17.9 Å². The number of rotatable bonds is 4. The first-order valence-corrected chi connectivity index (χ1v) is 12.8. The van der Waals surface area contributed by atoms with Gasteiger partial charge in [0.2, 0.25) is 0 Å². The van der Waals surface area contributed by atoms with Crippen molar-refractivity contribution in [2.24, 2.45) is 0 Å². The second-order valence-electron chi connectivity index (χ2n) is 8.80. The standard InChI is InChI=1S/C25H29ClN4O2S/c1-2-18-3-5-19(6-4-18)20-13-21(15-29(14-20)25(31)28-9-11-32-12-10-28)22-16-30(17-27-22)24-8-7-23(26)33-24/h3-8,16-17,20-21H,2,9-15H2,1H3. The summed E-state index contributed by atoms with van der Waals surface area (Å²) >= 11 is 7.66. The van der Waals surface area contributed by atoms with E-state index in [1.807, 2.05) is 32.8 Å². The SMILES string of the molecule is CCc1ccc(C2CC(c3cn(-c4ccc(Cl)s4)cn3)CN(C(=O)N3CCOCC3)C2)cc1. The monoisotopic (exact) mass is 484 g/mol. The number of urea groups is 1. The fourth-order valence-electron chi connectivity index (χ4n) is 4.80. The Morgan fingerprint density at radius 3 is 2.55 bits per heavy atom. The summed E-state index contributed by atoms with van der Waals surface area (Å²) in [5, 5.41) is 1.04. The molecule has 2 amide bonds. The number of ether oxygens (including phenoxy) is 1. The average molecular weight is 485 g/mol. The van der Waals surface area contributed by atoms with Crippen molar-refractivity contribution in [3.8, 4) is 5.00 Å². The zero-order valence-corrected chi connectivity index (χ0v) is 20.4. The topological polar surface area (TPSA) is 50.6 Å². The Labute approximate surface area is 203 Å². The lowest BCUT2D eigenvalue weighted by Gasteiger charge is -2.40. The molecule has 2 aliphatic rings. The fraction of sp³-hybridized carbons (Fsp3) is 0.440. The average Bonchev–Trinajstić information content (AvgIpc) is 3.53. The largest absolute Gasteiger partial charge is 0.378 e. The van der Waals surface area contributed by atoms with E-state index < -0.39 is 0 Å². The molecule has 0 aliphatic carbocycles. The Bertz CT molecular complexity index is 1090. The number of thiophene rings is 1. The lowest BCUT2D eigenvalue weighted by atomic mass is 9.83. The van der Waals surface area contributed by atoms with Gasteiger partial charge in [0.25, 0.3) is 0 Å². The Morgan fingerprint density at radius 1 is 1.09 bits per heavy atom. The molecule has 0 radical (unpaired) electrons. The van der Waals surface area contributed by atoms with Gasteiger partial charge in [-0.3, -0.25) is 4.57 Å². The summed E-state index contributed by atoms with van der Waals surface area (Å²) in [7, 11) is 0. The highest BCUT2D eigenvalue weighted by atomic mass is 35.5. The summed E-state index contributed by atoms with van der Waals surface area (Å²) in [5.41, 5.74) is 3.65. The molecule has 2 saturated heterocycles. The molecular weight excluding hydrogens is 456 g/mol. The Morgan fingerprint density at radius 2 is 1.85 bits per heavy atom. The number of aryl methyl sites for hydroxylation is 1. The quantitative estimate of drug-likeness (QED) is 0.513. The molecule has 0 saturated carbocycles. The first-order valence-electron chi connectivity index (χ1n) is 11.6. The number of carbonyl (C=O) groups excluding carboxylic acids is 1. The van der Waals surface area contributed by atoms with Gasteiger partial charge in [-0.25, -0.2) is 9.78 Å². The van der Waals surface area contributed by atoms with Crippen LogP contribution in [0, 0.1) is 0 Å². The van der Waals surface area contributed by atoms with E-state index in [1.54, 1.807) is 0 Å². The number of nitrogens with zero attached hydrogens (tertiary/aromatic N) is 4. The predicted octanol–water partition coefficient (Wildman–Crippen LogP) is 5.17. The van der Waals surface area contributed by atoms with Crippen molar-refractivity contribution in [2.45, 2.75) is 31.6 Å². The minimum Gasteiger partial charge on any atom is -0.378 e. The molecule has 2 fully saturated rings. The zero-order chi connectivity index (χ0) is 22.8. The molecule has 1 aromatic carbocycles. The van der Waals surface area contributed by atoms with Gasteiger partial charge in [-0.1, -0.05) is 42.8 Å². The number of carbonyl (C=O) groups is 1. The van der Waals surface area contributed by atoms with Gasteiger partial charge in [-0.15, -0.1) is 11.3 Å². The number of aromatic nitrogens is 2. The molecule has 2 unspecified atom stereocenters. The maximum atomic E-state index is 13.4. The Kier molecular flexibility index (Phi) is 6.71. The third kappa shape index (κ3) is 4.95.